The van der Waals surface area contributed by atoms with Crippen LogP contribution >= 0.6 is 35.3 Å². The highest BCUT2D eigenvalue weighted by atomic mass is 32.2. The lowest BCUT2D eigenvalue weighted by Gasteiger charge is -2.05. The third kappa shape index (κ3) is 2.13. The molecule has 1 saturated heterocycles. The van der Waals surface area contributed by atoms with Gasteiger partial charge in [-0.15, -0.1) is 0 Å². The Kier molecular flexibility index (Phi) is 2.71. The van der Waals surface area contributed by atoms with E-state index in [9.17, 15) is 0 Å². The van der Waals surface area contributed by atoms with Crippen molar-refractivity contribution in [2.45, 2.75) is 11.7 Å². The Morgan fingerprint density at radius 2 is 2.46 bits per heavy atom. The second-order valence-electron chi connectivity index (χ2n) is 2.88. The molecule has 2 rings (SSSR count). The molecular weight excluding hydrogens is 218 g/mol. The zero-order chi connectivity index (χ0) is 9.26. The predicted octanol–water partition coefficient (Wildman–Crippen LogP) is 2.79. The molecular formula is C9H9NS3. The maximum Gasteiger partial charge on any atom is 0.138 e. The van der Waals surface area contributed by atoms with E-state index >= 15 is 0 Å². The van der Waals surface area contributed by atoms with Crippen molar-refractivity contribution in [2.75, 3.05) is 0 Å². The van der Waals surface area contributed by atoms with Crippen molar-refractivity contribution in [3.8, 4) is 0 Å². The summed E-state index contributed by atoms with van der Waals surface area (Å²) in [6.07, 6.45) is 1.03. The van der Waals surface area contributed by atoms with Crippen LogP contribution in [0, 0.1) is 0 Å². The lowest BCUT2D eigenvalue weighted by molar-refractivity contribution is 0.938. The molecule has 1 aromatic heterocycles. The van der Waals surface area contributed by atoms with Crippen LogP contribution in [0.1, 0.15) is 5.56 Å². The van der Waals surface area contributed by atoms with E-state index in [0.717, 1.165) is 16.4 Å². The van der Waals surface area contributed by atoms with E-state index in [1.54, 1.807) is 23.1 Å². The molecule has 0 saturated carbocycles. The minimum atomic E-state index is 0.419. The summed E-state index contributed by atoms with van der Waals surface area (Å²) in [5, 5.41) is 7.78. The number of rotatable bonds is 2. The third-order valence-corrected chi connectivity index (χ3v) is 4.08. The van der Waals surface area contributed by atoms with Crippen LogP contribution in [-0.2, 0) is 6.42 Å². The molecule has 4 heteroatoms. The number of hydrogen-bond acceptors (Lipinski definition) is 3. The topological polar surface area (TPSA) is 12.0 Å². The average molecular weight is 227 g/mol. The van der Waals surface area contributed by atoms with E-state index in [1.165, 1.54) is 5.56 Å². The Bertz CT molecular complexity index is 329. The van der Waals surface area contributed by atoms with Gasteiger partial charge in [-0.05, 0) is 28.8 Å². The first kappa shape index (κ1) is 9.24. The van der Waals surface area contributed by atoms with Crippen LogP contribution in [0.4, 0.5) is 0 Å². The summed E-state index contributed by atoms with van der Waals surface area (Å²) in [6, 6.07) is 2.15. The highest BCUT2D eigenvalue weighted by Crippen LogP contribution is 2.28. The molecule has 13 heavy (non-hydrogen) atoms. The summed E-state index contributed by atoms with van der Waals surface area (Å²) in [4.78, 5) is 0. The van der Waals surface area contributed by atoms with Crippen LogP contribution in [0.15, 0.2) is 29.1 Å². The van der Waals surface area contributed by atoms with Gasteiger partial charge < -0.3 is 5.32 Å². The van der Waals surface area contributed by atoms with Gasteiger partial charge in [0.2, 0.25) is 0 Å². The number of nitrogens with one attached hydrogen (secondary N) is 1. The zero-order valence-electron chi connectivity index (χ0n) is 6.95. The van der Waals surface area contributed by atoms with Crippen LogP contribution < -0.4 is 5.32 Å². The van der Waals surface area contributed by atoms with Crippen LogP contribution in [-0.4, -0.2) is 9.57 Å². The van der Waals surface area contributed by atoms with E-state index in [2.05, 4.69) is 28.7 Å². The number of hydrogen-bond donors (Lipinski definition) is 1. The summed E-state index contributed by atoms with van der Waals surface area (Å²) in [5.41, 5.74) is 2.41. The Labute approximate surface area is 91.2 Å². The SMILES string of the molecule is C=C1NC(=S)SC1Cc1ccsc1. The molecule has 2 heterocycles. The molecule has 1 N–H and O–H groups in total. The highest BCUT2D eigenvalue weighted by Gasteiger charge is 2.23. The quantitative estimate of drug-likeness (QED) is 0.780. The minimum Gasteiger partial charge on any atom is -0.344 e. The molecule has 68 valence electrons. The number of thiocarbonyl (C=S) groups is 1. The maximum absolute atomic E-state index is 5.06. The van der Waals surface area contributed by atoms with E-state index in [0.29, 0.717) is 5.25 Å². The van der Waals surface area contributed by atoms with Gasteiger partial charge in [0.25, 0.3) is 0 Å². The van der Waals surface area contributed by atoms with E-state index < -0.39 is 0 Å². The Morgan fingerprint density at radius 1 is 1.62 bits per heavy atom. The van der Waals surface area contributed by atoms with Crippen molar-refractivity contribution in [3.63, 3.8) is 0 Å². The van der Waals surface area contributed by atoms with Crippen LogP contribution in [0.2, 0.25) is 0 Å². The summed E-state index contributed by atoms with van der Waals surface area (Å²) in [6.45, 7) is 3.95. The normalized spacial score (nSPS) is 22.0. The summed E-state index contributed by atoms with van der Waals surface area (Å²) >= 11 is 8.49. The number of thiophene rings is 1. The molecule has 0 aromatic carbocycles. The minimum absolute atomic E-state index is 0.419. The third-order valence-electron chi connectivity index (χ3n) is 1.90. The van der Waals surface area contributed by atoms with Gasteiger partial charge in [-0.25, -0.2) is 0 Å². The van der Waals surface area contributed by atoms with Gasteiger partial charge in [-0.1, -0.05) is 30.6 Å². The van der Waals surface area contributed by atoms with E-state index in [4.69, 9.17) is 12.2 Å². The van der Waals surface area contributed by atoms with Gasteiger partial charge >= 0.3 is 0 Å². The van der Waals surface area contributed by atoms with Crippen molar-refractivity contribution in [3.05, 3.63) is 34.7 Å². The molecule has 1 aliphatic heterocycles. The molecule has 1 atom stereocenters. The van der Waals surface area contributed by atoms with Crippen LogP contribution in [0.5, 0.6) is 0 Å². The molecule has 0 aliphatic carbocycles. The lowest BCUT2D eigenvalue weighted by atomic mass is 10.1. The fourth-order valence-electron chi connectivity index (χ4n) is 1.23. The molecule has 1 aliphatic rings. The van der Waals surface area contributed by atoms with Crippen molar-refractivity contribution in [1.29, 1.82) is 0 Å². The fourth-order valence-corrected chi connectivity index (χ4v) is 3.32. The van der Waals surface area contributed by atoms with E-state index in [-0.39, 0.29) is 0 Å². The van der Waals surface area contributed by atoms with Gasteiger partial charge in [-0.3, -0.25) is 0 Å². The summed E-state index contributed by atoms with van der Waals surface area (Å²) in [7, 11) is 0. The van der Waals surface area contributed by atoms with Crippen molar-refractivity contribution >= 4 is 39.6 Å². The first-order chi connectivity index (χ1) is 6.25. The lowest BCUT2D eigenvalue weighted by Crippen LogP contribution is -2.12. The van der Waals surface area contributed by atoms with Gasteiger partial charge in [0.1, 0.15) is 4.32 Å². The predicted molar refractivity (Wildman–Crippen MR) is 64.3 cm³/mol. The fraction of sp³-hybridized carbons (Fsp3) is 0.222. The van der Waals surface area contributed by atoms with Crippen molar-refractivity contribution in [1.82, 2.24) is 5.32 Å². The Hall–Kier alpha value is -0.320. The molecule has 1 aromatic rings. The van der Waals surface area contributed by atoms with Gasteiger partial charge in [0.05, 0.1) is 5.25 Å². The van der Waals surface area contributed by atoms with Crippen LogP contribution in [0.3, 0.4) is 0 Å². The van der Waals surface area contributed by atoms with Gasteiger partial charge in [-0.2, -0.15) is 11.3 Å². The smallest absolute Gasteiger partial charge is 0.138 e. The molecule has 0 spiro atoms. The number of thioether (sulfide) groups is 1. The standard InChI is InChI=1S/C9H9NS3/c1-6-8(13-9(11)10-6)4-7-2-3-12-5-7/h2-3,5,8H,1,4H2,(H,10,11). The molecule has 1 nitrogen and oxygen atoms in total. The van der Waals surface area contributed by atoms with Gasteiger partial charge in [0, 0.05) is 5.70 Å². The summed E-state index contributed by atoms with van der Waals surface area (Å²) in [5.74, 6) is 0. The molecule has 1 unspecified atom stereocenters. The first-order valence-corrected chi connectivity index (χ1v) is 6.16. The molecule has 0 amide bonds. The Morgan fingerprint density at radius 3 is 3.00 bits per heavy atom. The zero-order valence-corrected chi connectivity index (χ0v) is 9.40. The van der Waals surface area contributed by atoms with E-state index in [1.807, 2.05) is 0 Å². The molecule has 0 radical (unpaired) electrons. The second kappa shape index (κ2) is 3.82. The van der Waals surface area contributed by atoms with Crippen molar-refractivity contribution in [2.24, 2.45) is 0 Å². The largest absolute Gasteiger partial charge is 0.344 e. The second-order valence-corrected chi connectivity index (χ2v) is 5.54. The Balaban J connectivity index is 2.03. The molecule has 1 fully saturated rings. The highest BCUT2D eigenvalue weighted by molar-refractivity contribution is 8.23. The average Bonchev–Trinajstić information content (AvgIpc) is 2.63. The molecule has 0 bridgehead atoms. The van der Waals surface area contributed by atoms with Crippen molar-refractivity contribution < 1.29 is 0 Å². The maximum atomic E-state index is 5.06. The van der Waals surface area contributed by atoms with Crippen LogP contribution in [0.25, 0.3) is 0 Å². The van der Waals surface area contributed by atoms with Gasteiger partial charge in [0.15, 0.2) is 0 Å². The monoisotopic (exact) mass is 227 g/mol. The first-order valence-electron chi connectivity index (χ1n) is 3.93. The summed E-state index contributed by atoms with van der Waals surface area (Å²) < 4.78 is 0.852.